The highest BCUT2D eigenvalue weighted by molar-refractivity contribution is 5.92. The predicted molar refractivity (Wildman–Crippen MR) is 79.0 cm³/mol. The lowest BCUT2D eigenvalue weighted by Gasteiger charge is -2.39. The highest BCUT2D eigenvalue weighted by Crippen LogP contribution is 2.50. The van der Waals surface area contributed by atoms with Gasteiger partial charge in [0.25, 0.3) is 0 Å². The molecule has 0 amide bonds. The molecule has 0 saturated heterocycles. The lowest BCUT2D eigenvalue weighted by molar-refractivity contribution is 0.226. The summed E-state index contributed by atoms with van der Waals surface area (Å²) in [6, 6.07) is 13.6. The van der Waals surface area contributed by atoms with E-state index in [9.17, 15) is 0 Å². The highest BCUT2D eigenvalue weighted by Gasteiger charge is 2.44. The van der Waals surface area contributed by atoms with Gasteiger partial charge in [0.2, 0.25) is 0 Å². The van der Waals surface area contributed by atoms with Gasteiger partial charge in [0.1, 0.15) is 0 Å². The van der Waals surface area contributed by atoms with Crippen LogP contribution in [0.1, 0.15) is 38.8 Å². The van der Waals surface area contributed by atoms with Crippen molar-refractivity contribution in [2.24, 2.45) is 11.8 Å². The van der Waals surface area contributed by atoms with E-state index in [2.05, 4.69) is 64.1 Å². The van der Waals surface area contributed by atoms with Gasteiger partial charge in [-0.2, -0.15) is 0 Å². The van der Waals surface area contributed by atoms with Gasteiger partial charge in [-0.15, -0.1) is 0 Å². The van der Waals surface area contributed by atoms with Gasteiger partial charge >= 0.3 is 0 Å². The van der Waals surface area contributed by atoms with Gasteiger partial charge in [-0.3, -0.25) is 0 Å². The Morgan fingerprint density at radius 1 is 0.889 bits per heavy atom. The van der Waals surface area contributed by atoms with Gasteiger partial charge in [-0.25, -0.2) is 0 Å². The van der Waals surface area contributed by atoms with Gasteiger partial charge in [-0.1, -0.05) is 64.1 Å². The fourth-order valence-electron chi connectivity index (χ4n) is 4.06. The monoisotopic (exact) mass is 238 g/mol. The van der Waals surface area contributed by atoms with E-state index in [1.807, 2.05) is 0 Å². The Labute approximate surface area is 110 Å². The van der Waals surface area contributed by atoms with Crippen LogP contribution in [0.2, 0.25) is 0 Å². The van der Waals surface area contributed by atoms with E-state index in [1.54, 1.807) is 11.1 Å². The fourth-order valence-corrected chi connectivity index (χ4v) is 4.06. The van der Waals surface area contributed by atoms with Crippen LogP contribution in [0.5, 0.6) is 0 Å². The van der Waals surface area contributed by atoms with E-state index in [1.165, 1.54) is 17.2 Å². The van der Waals surface area contributed by atoms with Crippen LogP contribution in [0.4, 0.5) is 0 Å². The van der Waals surface area contributed by atoms with Crippen LogP contribution in [-0.2, 0) is 11.8 Å². The van der Waals surface area contributed by atoms with Gasteiger partial charge in [0.15, 0.2) is 0 Å². The average molecular weight is 238 g/mol. The summed E-state index contributed by atoms with van der Waals surface area (Å²) < 4.78 is 0. The first-order chi connectivity index (χ1) is 8.57. The first kappa shape index (κ1) is 11.8. The van der Waals surface area contributed by atoms with Crippen LogP contribution < -0.4 is 0 Å². The Bertz CT molecular complexity index is 577. The fraction of sp³-hybridized carbons (Fsp3) is 0.444. The second kappa shape index (κ2) is 3.85. The second-order valence-corrected chi connectivity index (χ2v) is 6.35. The van der Waals surface area contributed by atoms with Crippen LogP contribution in [0.15, 0.2) is 36.4 Å². The molecule has 0 N–H and O–H groups in total. The third-order valence-corrected chi connectivity index (χ3v) is 5.04. The zero-order chi connectivity index (χ0) is 12.9. The van der Waals surface area contributed by atoms with Crippen molar-refractivity contribution in [3.63, 3.8) is 0 Å². The number of hydrogen-bond acceptors (Lipinski definition) is 0. The van der Waals surface area contributed by atoms with Crippen molar-refractivity contribution < 1.29 is 0 Å². The smallest absolute Gasteiger partial charge is 0.00457 e. The Kier molecular flexibility index (Phi) is 2.52. The summed E-state index contributed by atoms with van der Waals surface area (Å²) in [6.45, 7) is 9.52. The van der Waals surface area contributed by atoms with E-state index in [0.29, 0.717) is 17.3 Å². The van der Waals surface area contributed by atoms with Crippen molar-refractivity contribution in [1.29, 1.82) is 0 Å². The molecule has 0 spiro atoms. The summed E-state index contributed by atoms with van der Waals surface area (Å²) in [7, 11) is 0. The van der Waals surface area contributed by atoms with Crippen molar-refractivity contribution in [2.75, 3.05) is 0 Å². The molecule has 0 radical (unpaired) electrons. The maximum atomic E-state index is 2.38. The lowest BCUT2D eigenvalue weighted by Crippen LogP contribution is -2.37. The van der Waals surface area contributed by atoms with E-state index >= 15 is 0 Å². The summed E-state index contributed by atoms with van der Waals surface area (Å²) in [5.74, 6) is 1.35. The molecule has 0 heterocycles. The standard InChI is InChI=1S/C18H22/c1-12(2)18(13(3)4)11-15-9-5-7-14-8-6-10-16(18)17(14)15/h5-10,12-13H,11H2,1-4H3. The molecule has 3 rings (SSSR count). The number of rotatable bonds is 2. The van der Waals surface area contributed by atoms with Gasteiger partial charge in [0.05, 0.1) is 0 Å². The molecule has 0 unspecified atom stereocenters. The lowest BCUT2D eigenvalue weighted by atomic mass is 9.65. The maximum Gasteiger partial charge on any atom is 0.00457 e. The van der Waals surface area contributed by atoms with Crippen LogP contribution in [0.25, 0.3) is 10.8 Å². The number of benzene rings is 2. The van der Waals surface area contributed by atoms with E-state index in [-0.39, 0.29) is 0 Å². The summed E-state index contributed by atoms with van der Waals surface area (Å²) in [4.78, 5) is 0. The van der Waals surface area contributed by atoms with Crippen LogP contribution in [-0.4, -0.2) is 0 Å². The molecule has 0 atom stereocenters. The van der Waals surface area contributed by atoms with Crippen LogP contribution >= 0.6 is 0 Å². The predicted octanol–water partition coefficient (Wildman–Crippen LogP) is 4.95. The first-order valence-electron chi connectivity index (χ1n) is 7.08. The van der Waals surface area contributed by atoms with Gasteiger partial charge in [0, 0.05) is 5.41 Å². The quantitative estimate of drug-likeness (QED) is 0.694. The summed E-state index contributed by atoms with van der Waals surface area (Å²) in [5.41, 5.74) is 3.45. The molecular weight excluding hydrogens is 216 g/mol. The molecule has 0 fully saturated rings. The number of hydrogen-bond donors (Lipinski definition) is 0. The van der Waals surface area contributed by atoms with E-state index in [0.717, 1.165) is 0 Å². The van der Waals surface area contributed by atoms with Crippen LogP contribution in [0, 0.1) is 11.8 Å². The molecule has 0 heteroatoms. The SMILES string of the molecule is CC(C)C1(C(C)C)Cc2cccc3cccc1c23. The van der Waals surface area contributed by atoms with Crippen molar-refractivity contribution in [1.82, 2.24) is 0 Å². The molecule has 18 heavy (non-hydrogen) atoms. The molecule has 0 saturated carbocycles. The minimum atomic E-state index is 0.323. The Morgan fingerprint density at radius 3 is 2.11 bits per heavy atom. The zero-order valence-corrected chi connectivity index (χ0v) is 11.8. The summed E-state index contributed by atoms with van der Waals surface area (Å²) in [5, 5.41) is 2.94. The van der Waals surface area contributed by atoms with Gasteiger partial charge in [-0.05, 0) is 40.2 Å². The molecule has 2 aromatic rings. The molecule has 1 aliphatic carbocycles. The van der Waals surface area contributed by atoms with E-state index in [4.69, 9.17) is 0 Å². The molecular formula is C18H22. The zero-order valence-electron chi connectivity index (χ0n) is 11.8. The molecule has 1 aliphatic rings. The van der Waals surface area contributed by atoms with Crippen molar-refractivity contribution in [3.05, 3.63) is 47.5 Å². The van der Waals surface area contributed by atoms with Crippen molar-refractivity contribution >= 4 is 10.8 Å². The van der Waals surface area contributed by atoms with Crippen molar-refractivity contribution in [2.45, 2.75) is 39.5 Å². The molecule has 2 aromatic carbocycles. The van der Waals surface area contributed by atoms with E-state index < -0.39 is 0 Å². The molecule has 0 bridgehead atoms. The Hall–Kier alpha value is -1.30. The second-order valence-electron chi connectivity index (χ2n) is 6.35. The summed E-state index contributed by atoms with van der Waals surface area (Å²) >= 11 is 0. The van der Waals surface area contributed by atoms with Gasteiger partial charge < -0.3 is 0 Å². The minimum Gasteiger partial charge on any atom is -0.0619 e. The first-order valence-corrected chi connectivity index (χ1v) is 7.08. The molecule has 0 nitrogen and oxygen atoms in total. The third-order valence-electron chi connectivity index (χ3n) is 5.04. The largest absolute Gasteiger partial charge is 0.0619 e. The third kappa shape index (κ3) is 1.32. The van der Waals surface area contributed by atoms with Crippen molar-refractivity contribution in [3.8, 4) is 0 Å². The molecule has 0 aliphatic heterocycles. The molecule has 0 aromatic heterocycles. The maximum absolute atomic E-state index is 2.38. The normalized spacial score (nSPS) is 17.0. The van der Waals surface area contributed by atoms with Crippen LogP contribution in [0.3, 0.4) is 0 Å². The minimum absolute atomic E-state index is 0.323. The Morgan fingerprint density at radius 2 is 1.50 bits per heavy atom. The highest BCUT2D eigenvalue weighted by atomic mass is 14.5. The topological polar surface area (TPSA) is 0 Å². The summed E-state index contributed by atoms with van der Waals surface area (Å²) in [6.07, 6.45) is 1.21. The molecule has 94 valence electrons. The average Bonchev–Trinajstić information content (AvgIpc) is 2.68. The Balaban J connectivity index is 2.36.